The molecule has 1 fully saturated rings. The maximum Gasteiger partial charge on any atom is 0.133 e. The third kappa shape index (κ3) is 8.18. The zero-order chi connectivity index (χ0) is 13.9. The Kier molecular flexibility index (Phi) is 8.77. The van der Waals surface area contributed by atoms with Gasteiger partial charge in [0.25, 0.3) is 0 Å². The molecule has 0 heterocycles. The Bertz CT molecular complexity index is 244. The van der Waals surface area contributed by atoms with Crippen LogP contribution in [0.2, 0.25) is 0 Å². The first kappa shape index (κ1) is 16.4. The number of ketones is 2. The molecule has 0 atom stereocenters. The summed E-state index contributed by atoms with van der Waals surface area (Å²) in [4.78, 5) is 23.8. The van der Waals surface area contributed by atoms with Gasteiger partial charge in [-0.25, -0.2) is 0 Å². The largest absolute Gasteiger partial charge is 0.300 e. The van der Waals surface area contributed by atoms with Crippen molar-refractivity contribution in [1.29, 1.82) is 0 Å². The Morgan fingerprint density at radius 3 is 1.47 bits per heavy atom. The monoisotopic (exact) mass is 266 g/mol. The minimum Gasteiger partial charge on any atom is -0.300 e. The molecule has 1 rings (SSSR count). The molecular formula is C17H30O2. The van der Waals surface area contributed by atoms with Crippen LogP contribution in [0.1, 0.15) is 90.4 Å². The molecule has 0 radical (unpaired) electrons. The fraction of sp³-hybridized carbons (Fsp3) is 0.882. The van der Waals surface area contributed by atoms with Crippen molar-refractivity contribution in [2.75, 3.05) is 0 Å². The Labute approximate surface area is 118 Å². The Morgan fingerprint density at radius 2 is 1.11 bits per heavy atom. The van der Waals surface area contributed by atoms with E-state index in [1.807, 2.05) is 0 Å². The van der Waals surface area contributed by atoms with E-state index in [1.165, 1.54) is 38.5 Å². The molecule has 0 aliphatic heterocycles. The lowest BCUT2D eigenvalue weighted by Crippen LogP contribution is -2.12. The zero-order valence-electron chi connectivity index (χ0n) is 12.6. The summed E-state index contributed by atoms with van der Waals surface area (Å²) in [6.45, 7) is 2.10. The third-order valence-corrected chi connectivity index (χ3v) is 4.27. The maximum atomic E-state index is 11.9. The molecule has 0 aromatic heterocycles. The summed E-state index contributed by atoms with van der Waals surface area (Å²) in [5.74, 6) is 1.04. The van der Waals surface area contributed by atoms with Crippen LogP contribution in [0.25, 0.3) is 0 Å². The van der Waals surface area contributed by atoms with Crippen molar-refractivity contribution >= 4 is 11.6 Å². The van der Waals surface area contributed by atoms with Gasteiger partial charge >= 0.3 is 0 Å². The number of rotatable bonds is 1. The Balaban J connectivity index is 2.43. The summed E-state index contributed by atoms with van der Waals surface area (Å²) < 4.78 is 0. The minimum absolute atomic E-state index is 0.296. The third-order valence-electron chi connectivity index (χ3n) is 4.27. The van der Waals surface area contributed by atoms with Gasteiger partial charge in [-0.1, -0.05) is 51.9 Å². The van der Waals surface area contributed by atoms with Crippen LogP contribution >= 0.6 is 0 Å². The van der Waals surface area contributed by atoms with Crippen molar-refractivity contribution in [2.24, 2.45) is 5.92 Å². The summed E-state index contributed by atoms with van der Waals surface area (Å²) in [7, 11) is 0. The minimum atomic E-state index is 0.296. The molecule has 0 aromatic carbocycles. The van der Waals surface area contributed by atoms with Crippen LogP contribution in [0.4, 0.5) is 0 Å². The highest BCUT2D eigenvalue weighted by Crippen LogP contribution is 2.19. The van der Waals surface area contributed by atoms with E-state index in [0.29, 0.717) is 30.3 Å². The highest BCUT2D eigenvalue weighted by molar-refractivity contribution is 5.81. The van der Waals surface area contributed by atoms with Gasteiger partial charge in [-0.2, -0.15) is 0 Å². The summed E-state index contributed by atoms with van der Waals surface area (Å²) >= 11 is 0. The van der Waals surface area contributed by atoms with Gasteiger partial charge in [-0.3, -0.25) is 9.59 Å². The standard InChI is InChI=1S/C17H30O2/c1-2-15-13-16(18)11-9-7-5-3-4-6-8-10-12-17(19)14-15/h15H,2-14H2,1H3. The highest BCUT2D eigenvalue weighted by Gasteiger charge is 2.16. The van der Waals surface area contributed by atoms with Crippen LogP contribution in [0.3, 0.4) is 0 Å². The van der Waals surface area contributed by atoms with Crippen molar-refractivity contribution in [3.8, 4) is 0 Å². The Hall–Kier alpha value is -0.660. The molecule has 0 amide bonds. The Morgan fingerprint density at radius 1 is 0.737 bits per heavy atom. The summed E-state index contributed by atoms with van der Waals surface area (Å²) in [5.41, 5.74) is 0. The van der Waals surface area contributed by atoms with Gasteiger partial charge in [0.05, 0.1) is 0 Å². The van der Waals surface area contributed by atoms with Crippen LogP contribution in [0.15, 0.2) is 0 Å². The topological polar surface area (TPSA) is 34.1 Å². The molecule has 0 bridgehead atoms. The van der Waals surface area contributed by atoms with Crippen molar-refractivity contribution in [1.82, 2.24) is 0 Å². The zero-order valence-corrected chi connectivity index (χ0v) is 12.6. The van der Waals surface area contributed by atoms with E-state index in [0.717, 1.165) is 32.1 Å². The fourth-order valence-electron chi connectivity index (χ4n) is 2.91. The molecular weight excluding hydrogens is 236 g/mol. The van der Waals surface area contributed by atoms with Gasteiger partial charge in [-0.05, 0) is 18.8 Å². The van der Waals surface area contributed by atoms with E-state index in [9.17, 15) is 9.59 Å². The summed E-state index contributed by atoms with van der Waals surface area (Å²) in [6.07, 6.45) is 13.3. The van der Waals surface area contributed by atoms with Gasteiger partial charge < -0.3 is 0 Å². The number of carbonyl (C=O) groups is 2. The van der Waals surface area contributed by atoms with Crippen LogP contribution in [-0.2, 0) is 9.59 Å². The van der Waals surface area contributed by atoms with E-state index < -0.39 is 0 Å². The predicted octanol–water partition coefficient (Wildman–Crippen LogP) is 4.85. The van der Waals surface area contributed by atoms with Gasteiger partial charge in [-0.15, -0.1) is 0 Å². The molecule has 1 aliphatic carbocycles. The SMILES string of the molecule is CCC1CC(=O)CCCCCCCCCCC(=O)C1. The smallest absolute Gasteiger partial charge is 0.133 e. The predicted molar refractivity (Wildman–Crippen MR) is 79.2 cm³/mol. The average Bonchev–Trinajstić information content (AvgIpc) is 2.39. The average molecular weight is 266 g/mol. The number of carbonyl (C=O) groups excluding carboxylic acids is 2. The number of Topliss-reactive ketones (excluding diaryl/α,β-unsaturated/α-hetero) is 2. The van der Waals surface area contributed by atoms with Crippen LogP contribution in [-0.4, -0.2) is 11.6 Å². The second kappa shape index (κ2) is 10.2. The molecule has 0 saturated heterocycles. The summed E-state index contributed by atoms with van der Waals surface area (Å²) in [6, 6.07) is 0. The van der Waals surface area contributed by atoms with Gasteiger partial charge in [0.2, 0.25) is 0 Å². The van der Waals surface area contributed by atoms with Crippen LogP contribution < -0.4 is 0 Å². The maximum absolute atomic E-state index is 11.9. The second-order valence-electron chi connectivity index (χ2n) is 6.09. The molecule has 19 heavy (non-hydrogen) atoms. The molecule has 0 unspecified atom stereocenters. The number of hydrogen-bond acceptors (Lipinski definition) is 2. The van der Waals surface area contributed by atoms with E-state index in [1.54, 1.807) is 0 Å². The first-order valence-electron chi connectivity index (χ1n) is 8.25. The molecule has 0 N–H and O–H groups in total. The summed E-state index contributed by atoms with van der Waals surface area (Å²) in [5, 5.41) is 0. The first-order valence-corrected chi connectivity index (χ1v) is 8.25. The van der Waals surface area contributed by atoms with E-state index in [-0.39, 0.29) is 0 Å². The highest BCUT2D eigenvalue weighted by atomic mass is 16.1. The van der Waals surface area contributed by atoms with Crippen molar-refractivity contribution in [3.63, 3.8) is 0 Å². The lowest BCUT2D eigenvalue weighted by atomic mass is 9.91. The van der Waals surface area contributed by atoms with Crippen molar-refractivity contribution < 1.29 is 9.59 Å². The molecule has 1 saturated carbocycles. The number of hydrogen-bond donors (Lipinski definition) is 0. The van der Waals surface area contributed by atoms with Gasteiger partial charge in [0.15, 0.2) is 0 Å². The second-order valence-corrected chi connectivity index (χ2v) is 6.09. The molecule has 1 aliphatic rings. The van der Waals surface area contributed by atoms with Crippen molar-refractivity contribution in [3.05, 3.63) is 0 Å². The van der Waals surface area contributed by atoms with E-state index in [2.05, 4.69) is 6.92 Å². The lowest BCUT2D eigenvalue weighted by Gasteiger charge is -2.13. The van der Waals surface area contributed by atoms with E-state index >= 15 is 0 Å². The van der Waals surface area contributed by atoms with Gasteiger partial charge in [0.1, 0.15) is 11.6 Å². The fourth-order valence-corrected chi connectivity index (χ4v) is 2.91. The van der Waals surface area contributed by atoms with Crippen molar-refractivity contribution in [2.45, 2.75) is 90.4 Å². The molecule has 0 aromatic rings. The molecule has 0 spiro atoms. The lowest BCUT2D eigenvalue weighted by molar-refractivity contribution is -0.122. The van der Waals surface area contributed by atoms with Gasteiger partial charge in [0, 0.05) is 25.7 Å². The molecule has 2 nitrogen and oxygen atoms in total. The normalized spacial score (nSPS) is 22.8. The molecule has 110 valence electrons. The quantitative estimate of drug-likeness (QED) is 0.680. The van der Waals surface area contributed by atoms with Crippen LogP contribution in [0.5, 0.6) is 0 Å². The van der Waals surface area contributed by atoms with Crippen LogP contribution in [0, 0.1) is 5.92 Å². The first-order chi connectivity index (χ1) is 9.22. The van der Waals surface area contributed by atoms with E-state index in [4.69, 9.17) is 0 Å². The molecule has 2 heteroatoms.